The third-order valence-electron chi connectivity index (χ3n) is 4.07. The molecule has 1 N–H and O–H groups in total. The van der Waals surface area contributed by atoms with Crippen LogP contribution >= 0.6 is 11.3 Å². The van der Waals surface area contributed by atoms with E-state index in [0.29, 0.717) is 6.42 Å². The normalized spacial score (nSPS) is 25.1. The van der Waals surface area contributed by atoms with Crippen LogP contribution in [-0.2, 0) is 4.79 Å². The standard InChI is InChI=1S/C14H14N4OS/c1-8-13-10(17-14-15-7-16-18(8)14)5-9(6-11(13)19)12-3-2-4-20-12/h2-4,7-9H,5-6H2,1H3,(H,15,16,17)/t8-,9-/m1/s1. The Kier molecular flexibility index (Phi) is 2.53. The molecule has 0 saturated carbocycles. The molecule has 2 aromatic heterocycles. The number of thiophene rings is 1. The minimum Gasteiger partial charge on any atom is -0.328 e. The molecule has 1 aliphatic carbocycles. The number of fused-ring (bicyclic) bond motifs is 1. The monoisotopic (exact) mass is 286 g/mol. The van der Waals surface area contributed by atoms with Crippen molar-refractivity contribution in [3.63, 3.8) is 0 Å². The van der Waals surface area contributed by atoms with Crippen molar-refractivity contribution < 1.29 is 4.79 Å². The molecule has 2 atom stereocenters. The fourth-order valence-corrected chi connectivity index (χ4v) is 3.97. The summed E-state index contributed by atoms with van der Waals surface area (Å²) in [6, 6.07) is 4.13. The molecule has 5 nitrogen and oxygen atoms in total. The molecule has 102 valence electrons. The van der Waals surface area contributed by atoms with Gasteiger partial charge in [0.2, 0.25) is 5.95 Å². The van der Waals surface area contributed by atoms with Crippen molar-refractivity contribution in [1.82, 2.24) is 14.8 Å². The molecule has 2 aliphatic rings. The quantitative estimate of drug-likeness (QED) is 0.875. The summed E-state index contributed by atoms with van der Waals surface area (Å²) in [5, 5.41) is 9.54. The Morgan fingerprint density at radius 3 is 3.15 bits per heavy atom. The van der Waals surface area contributed by atoms with Crippen LogP contribution in [0.15, 0.2) is 35.1 Å². The van der Waals surface area contributed by atoms with E-state index in [4.69, 9.17) is 0 Å². The average Bonchev–Trinajstić information content (AvgIpc) is 3.09. The zero-order chi connectivity index (χ0) is 13.7. The van der Waals surface area contributed by atoms with Crippen LogP contribution in [0.1, 0.15) is 36.6 Å². The number of anilines is 1. The van der Waals surface area contributed by atoms with Crippen LogP contribution < -0.4 is 5.32 Å². The Morgan fingerprint density at radius 2 is 2.35 bits per heavy atom. The van der Waals surface area contributed by atoms with E-state index in [0.717, 1.165) is 23.6 Å². The van der Waals surface area contributed by atoms with E-state index in [1.807, 2.05) is 13.0 Å². The molecule has 4 rings (SSSR count). The number of carbonyl (C=O) groups excluding carboxylic acids is 1. The lowest BCUT2D eigenvalue weighted by Gasteiger charge is -2.33. The number of allylic oxidation sites excluding steroid dienone is 2. The summed E-state index contributed by atoms with van der Waals surface area (Å²) in [6.45, 7) is 2.01. The number of hydrogen-bond acceptors (Lipinski definition) is 5. The number of nitrogens with zero attached hydrogens (tertiary/aromatic N) is 3. The van der Waals surface area contributed by atoms with Gasteiger partial charge in [0.25, 0.3) is 0 Å². The maximum atomic E-state index is 12.5. The molecule has 6 heteroatoms. The van der Waals surface area contributed by atoms with Gasteiger partial charge < -0.3 is 5.32 Å². The molecule has 0 aromatic carbocycles. The van der Waals surface area contributed by atoms with Crippen LogP contribution in [0.4, 0.5) is 5.95 Å². The highest BCUT2D eigenvalue weighted by atomic mass is 32.1. The third kappa shape index (κ3) is 1.64. The molecule has 0 amide bonds. The van der Waals surface area contributed by atoms with Crippen LogP contribution in [0.25, 0.3) is 0 Å². The van der Waals surface area contributed by atoms with E-state index in [1.165, 1.54) is 11.2 Å². The topological polar surface area (TPSA) is 59.8 Å². The first-order chi connectivity index (χ1) is 9.74. The van der Waals surface area contributed by atoms with Gasteiger partial charge in [-0.3, -0.25) is 4.79 Å². The second-order valence-electron chi connectivity index (χ2n) is 5.27. The number of carbonyl (C=O) groups is 1. The second kappa shape index (κ2) is 4.28. The summed E-state index contributed by atoms with van der Waals surface area (Å²) in [5.74, 6) is 1.25. The third-order valence-corrected chi connectivity index (χ3v) is 5.11. The predicted octanol–water partition coefficient (Wildman–Crippen LogP) is 2.73. The highest BCUT2D eigenvalue weighted by Crippen LogP contribution is 2.42. The zero-order valence-corrected chi connectivity index (χ0v) is 11.9. The van der Waals surface area contributed by atoms with Gasteiger partial charge in [-0.1, -0.05) is 6.07 Å². The molecular formula is C14H14N4OS. The van der Waals surface area contributed by atoms with Crippen LogP contribution in [0.5, 0.6) is 0 Å². The van der Waals surface area contributed by atoms with Gasteiger partial charge in [0.05, 0.1) is 6.04 Å². The first-order valence-electron chi connectivity index (χ1n) is 6.70. The van der Waals surface area contributed by atoms with Crippen LogP contribution in [0, 0.1) is 0 Å². The molecule has 0 radical (unpaired) electrons. The van der Waals surface area contributed by atoms with Crippen LogP contribution in [0.3, 0.4) is 0 Å². The summed E-state index contributed by atoms with van der Waals surface area (Å²) in [7, 11) is 0. The summed E-state index contributed by atoms with van der Waals surface area (Å²) in [6.07, 6.45) is 2.99. The Morgan fingerprint density at radius 1 is 1.45 bits per heavy atom. The summed E-state index contributed by atoms with van der Waals surface area (Å²) < 4.78 is 1.78. The van der Waals surface area contributed by atoms with Gasteiger partial charge in [-0.15, -0.1) is 11.3 Å². The van der Waals surface area contributed by atoms with Gasteiger partial charge in [0.1, 0.15) is 6.33 Å². The van der Waals surface area contributed by atoms with Gasteiger partial charge in [0.15, 0.2) is 5.78 Å². The molecule has 0 spiro atoms. The Bertz CT molecular complexity index is 701. The SMILES string of the molecule is C[C@@H]1C2=C(C[C@@H](c3cccs3)CC2=O)Nc2ncnn21. The predicted molar refractivity (Wildman–Crippen MR) is 76.7 cm³/mol. The number of ketones is 1. The maximum absolute atomic E-state index is 12.5. The van der Waals surface area contributed by atoms with Crippen molar-refractivity contribution in [2.75, 3.05) is 5.32 Å². The molecule has 2 aromatic rings. The first kappa shape index (κ1) is 11.8. The number of hydrogen-bond donors (Lipinski definition) is 1. The molecule has 0 saturated heterocycles. The lowest BCUT2D eigenvalue weighted by Crippen LogP contribution is -2.31. The maximum Gasteiger partial charge on any atom is 0.225 e. The Balaban J connectivity index is 1.73. The van der Waals surface area contributed by atoms with Gasteiger partial charge in [0, 0.05) is 28.5 Å². The smallest absolute Gasteiger partial charge is 0.225 e. The van der Waals surface area contributed by atoms with E-state index >= 15 is 0 Å². The minimum absolute atomic E-state index is 0.0273. The Labute approximate surface area is 120 Å². The van der Waals surface area contributed by atoms with E-state index in [1.54, 1.807) is 16.0 Å². The van der Waals surface area contributed by atoms with Crippen molar-refractivity contribution in [2.24, 2.45) is 0 Å². The van der Waals surface area contributed by atoms with Gasteiger partial charge in [-0.05, 0) is 24.8 Å². The molecular weight excluding hydrogens is 272 g/mol. The highest BCUT2D eigenvalue weighted by Gasteiger charge is 2.36. The average molecular weight is 286 g/mol. The van der Waals surface area contributed by atoms with Gasteiger partial charge in [-0.2, -0.15) is 10.1 Å². The fraction of sp³-hybridized carbons (Fsp3) is 0.357. The molecule has 20 heavy (non-hydrogen) atoms. The van der Waals surface area contributed by atoms with Crippen molar-refractivity contribution in [3.8, 4) is 0 Å². The highest BCUT2D eigenvalue weighted by molar-refractivity contribution is 7.10. The number of rotatable bonds is 1. The number of aromatic nitrogens is 3. The van der Waals surface area contributed by atoms with E-state index in [-0.39, 0.29) is 17.7 Å². The van der Waals surface area contributed by atoms with Crippen molar-refractivity contribution in [3.05, 3.63) is 40.0 Å². The van der Waals surface area contributed by atoms with Crippen LogP contribution in [-0.4, -0.2) is 20.5 Å². The zero-order valence-electron chi connectivity index (χ0n) is 11.0. The second-order valence-corrected chi connectivity index (χ2v) is 6.24. The summed E-state index contributed by atoms with van der Waals surface area (Å²) >= 11 is 1.72. The lowest BCUT2D eigenvalue weighted by molar-refractivity contribution is -0.116. The summed E-state index contributed by atoms with van der Waals surface area (Å²) in [4.78, 5) is 18.0. The number of Topliss-reactive ketones (excluding diaryl/α,β-unsaturated/α-hetero) is 1. The molecule has 0 unspecified atom stereocenters. The van der Waals surface area contributed by atoms with E-state index in [2.05, 4.69) is 26.8 Å². The van der Waals surface area contributed by atoms with Gasteiger partial charge in [-0.25, -0.2) is 4.68 Å². The van der Waals surface area contributed by atoms with E-state index < -0.39 is 0 Å². The summed E-state index contributed by atoms with van der Waals surface area (Å²) in [5.41, 5.74) is 1.89. The molecule has 3 heterocycles. The fourth-order valence-electron chi connectivity index (χ4n) is 3.14. The van der Waals surface area contributed by atoms with E-state index in [9.17, 15) is 4.79 Å². The minimum atomic E-state index is -0.0273. The van der Waals surface area contributed by atoms with Crippen LogP contribution in [0.2, 0.25) is 0 Å². The number of nitrogens with one attached hydrogen (secondary N) is 1. The largest absolute Gasteiger partial charge is 0.328 e. The molecule has 0 bridgehead atoms. The first-order valence-corrected chi connectivity index (χ1v) is 7.58. The van der Waals surface area contributed by atoms with Crippen molar-refractivity contribution in [1.29, 1.82) is 0 Å². The molecule has 0 fully saturated rings. The molecule has 1 aliphatic heterocycles. The van der Waals surface area contributed by atoms with Crippen molar-refractivity contribution >= 4 is 23.1 Å². The van der Waals surface area contributed by atoms with Gasteiger partial charge >= 0.3 is 0 Å². The Hall–Kier alpha value is -1.95. The van der Waals surface area contributed by atoms with Crippen molar-refractivity contribution in [2.45, 2.75) is 31.7 Å². The lowest BCUT2D eigenvalue weighted by atomic mass is 9.82.